The van der Waals surface area contributed by atoms with Crippen molar-refractivity contribution >= 4 is 70.0 Å². The Kier molecular flexibility index (Phi) is 4.78. The maximum atomic E-state index is 12.5. The number of hydrogen-bond donors (Lipinski definition) is 2. The number of fused-ring (bicyclic) bond motifs is 2. The van der Waals surface area contributed by atoms with Gasteiger partial charge in [0.1, 0.15) is 6.54 Å². The highest BCUT2D eigenvalue weighted by atomic mass is 35.5. The number of amides is 4. The lowest BCUT2D eigenvalue weighted by atomic mass is 10.1. The number of hydrogen-bond acceptors (Lipinski definition) is 5. The molecule has 2 aliphatic heterocycles. The molecule has 7 nitrogen and oxygen atoms in total. The smallest absolute Gasteiger partial charge is 0.262 e. The van der Waals surface area contributed by atoms with Crippen molar-refractivity contribution in [3.05, 3.63) is 51.5 Å². The first kappa shape index (κ1) is 18.8. The molecule has 10 heteroatoms. The highest BCUT2D eigenvalue weighted by Gasteiger charge is 2.37. The number of halogens is 2. The molecular formula is C18H11Cl2N3O4S. The molecule has 0 atom stereocenters. The molecule has 2 N–H and O–H groups in total. The SMILES string of the molecule is O=C(CN1C(=O)c2cc(Cl)c(Cl)cc2C1=O)Nc1ccc2c(c1)NC(=O)CS2. The Morgan fingerprint density at radius 1 is 1.07 bits per heavy atom. The second kappa shape index (κ2) is 7.12. The maximum Gasteiger partial charge on any atom is 0.262 e. The monoisotopic (exact) mass is 435 g/mol. The van der Waals surface area contributed by atoms with Crippen molar-refractivity contribution in [1.82, 2.24) is 4.90 Å². The van der Waals surface area contributed by atoms with Crippen LogP contribution in [0.5, 0.6) is 0 Å². The van der Waals surface area contributed by atoms with E-state index in [1.807, 2.05) is 0 Å². The number of carbonyl (C=O) groups is 4. The first-order chi connectivity index (χ1) is 13.3. The van der Waals surface area contributed by atoms with Gasteiger partial charge in [-0.3, -0.25) is 24.1 Å². The molecule has 2 aromatic rings. The molecular weight excluding hydrogens is 425 g/mol. The van der Waals surface area contributed by atoms with E-state index in [9.17, 15) is 19.2 Å². The normalized spacial score (nSPS) is 15.2. The van der Waals surface area contributed by atoms with Crippen LogP contribution >= 0.6 is 35.0 Å². The van der Waals surface area contributed by atoms with Crippen molar-refractivity contribution in [3.63, 3.8) is 0 Å². The van der Waals surface area contributed by atoms with Gasteiger partial charge >= 0.3 is 0 Å². The molecule has 4 rings (SSSR count). The Labute approximate surface area is 173 Å². The molecule has 0 radical (unpaired) electrons. The van der Waals surface area contributed by atoms with Gasteiger partial charge in [-0.25, -0.2) is 0 Å². The maximum absolute atomic E-state index is 12.5. The van der Waals surface area contributed by atoms with Crippen LogP contribution in [0.1, 0.15) is 20.7 Å². The molecule has 28 heavy (non-hydrogen) atoms. The molecule has 0 bridgehead atoms. The van der Waals surface area contributed by atoms with Gasteiger partial charge in [0.25, 0.3) is 11.8 Å². The first-order valence-corrected chi connectivity index (χ1v) is 9.79. The lowest BCUT2D eigenvalue weighted by molar-refractivity contribution is -0.116. The minimum absolute atomic E-state index is 0.112. The molecule has 0 saturated heterocycles. The summed E-state index contributed by atoms with van der Waals surface area (Å²) in [6.45, 7) is -0.459. The number of imide groups is 1. The fraction of sp³-hybridized carbons (Fsp3) is 0.111. The minimum Gasteiger partial charge on any atom is -0.324 e. The summed E-state index contributed by atoms with van der Waals surface area (Å²) >= 11 is 13.2. The van der Waals surface area contributed by atoms with E-state index in [1.54, 1.807) is 18.2 Å². The second-order valence-electron chi connectivity index (χ2n) is 6.10. The number of nitrogens with zero attached hydrogens (tertiary/aromatic N) is 1. The predicted molar refractivity (Wildman–Crippen MR) is 106 cm³/mol. The van der Waals surface area contributed by atoms with Crippen molar-refractivity contribution < 1.29 is 19.2 Å². The van der Waals surface area contributed by atoms with Crippen LogP contribution in [0.15, 0.2) is 35.2 Å². The summed E-state index contributed by atoms with van der Waals surface area (Å²) in [5, 5.41) is 5.66. The highest BCUT2D eigenvalue weighted by molar-refractivity contribution is 8.00. The van der Waals surface area contributed by atoms with Crippen LogP contribution in [0.25, 0.3) is 0 Å². The number of thioether (sulfide) groups is 1. The zero-order valence-electron chi connectivity index (χ0n) is 14.0. The molecule has 0 fully saturated rings. The number of benzene rings is 2. The Morgan fingerprint density at radius 3 is 2.36 bits per heavy atom. The average Bonchev–Trinajstić information content (AvgIpc) is 2.86. The molecule has 2 heterocycles. The Balaban J connectivity index is 1.49. The van der Waals surface area contributed by atoms with Gasteiger partial charge in [-0.05, 0) is 30.3 Å². The van der Waals surface area contributed by atoms with Crippen LogP contribution in [0.2, 0.25) is 10.0 Å². The lowest BCUT2D eigenvalue weighted by Gasteiger charge is -2.18. The van der Waals surface area contributed by atoms with Gasteiger partial charge in [0.05, 0.1) is 32.6 Å². The van der Waals surface area contributed by atoms with Crippen LogP contribution < -0.4 is 10.6 Å². The molecule has 0 spiro atoms. The van der Waals surface area contributed by atoms with Crippen molar-refractivity contribution in [3.8, 4) is 0 Å². The van der Waals surface area contributed by atoms with Gasteiger partial charge in [0, 0.05) is 10.6 Å². The van der Waals surface area contributed by atoms with Crippen molar-refractivity contribution in [2.75, 3.05) is 22.9 Å². The van der Waals surface area contributed by atoms with E-state index in [0.29, 0.717) is 17.1 Å². The number of carbonyl (C=O) groups excluding carboxylic acids is 4. The summed E-state index contributed by atoms with van der Waals surface area (Å²) < 4.78 is 0. The molecule has 2 aliphatic rings. The summed E-state index contributed by atoms with van der Waals surface area (Å²) in [7, 11) is 0. The Hall–Kier alpha value is -2.55. The zero-order chi connectivity index (χ0) is 20.0. The highest BCUT2D eigenvalue weighted by Crippen LogP contribution is 2.34. The molecule has 2 aromatic carbocycles. The number of nitrogens with one attached hydrogen (secondary N) is 2. The van der Waals surface area contributed by atoms with E-state index < -0.39 is 24.3 Å². The first-order valence-electron chi connectivity index (χ1n) is 8.05. The number of anilines is 2. The minimum atomic E-state index is -0.608. The largest absolute Gasteiger partial charge is 0.324 e. The van der Waals surface area contributed by atoms with E-state index in [0.717, 1.165) is 9.80 Å². The van der Waals surface area contributed by atoms with E-state index in [-0.39, 0.29) is 27.1 Å². The standard InChI is InChI=1S/C18H11Cl2N3O4S/c19-11-4-9-10(5-12(11)20)18(27)23(17(9)26)6-15(24)21-8-1-2-14-13(3-8)22-16(25)7-28-14/h1-5H,6-7H2,(H,21,24)(H,22,25). The molecule has 4 amide bonds. The molecule has 0 saturated carbocycles. The fourth-order valence-corrected chi connectivity index (χ4v) is 4.05. The summed E-state index contributed by atoms with van der Waals surface area (Å²) in [6.07, 6.45) is 0. The molecule has 0 unspecified atom stereocenters. The van der Waals surface area contributed by atoms with Crippen LogP contribution in [0, 0.1) is 0 Å². The van der Waals surface area contributed by atoms with Gasteiger partial charge in [0.2, 0.25) is 11.8 Å². The quantitative estimate of drug-likeness (QED) is 0.721. The lowest BCUT2D eigenvalue weighted by Crippen LogP contribution is -2.37. The van der Waals surface area contributed by atoms with Crippen LogP contribution in [0.3, 0.4) is 0 Å². The van der Waals surface area contributed by atoms with Crippen LogP contribution in [0.4, 0.5) is 11.4 Å². The van der Waals surface area contributed by atoms with Gasteiger partial charge in [-0.15, -0.1) is 11.8 Å². The average molecular weight is 436 g/mol. The summed E-state index contributed by atoms with van der Waals surface area (Å²) in [5.74, 6) is -1.55. The number of rotatable bonds is 3. The van der Waals surface area contributed by atoms with Gasteiger partial charge in [0.15, 0.2) is 0 Å². The van der Waals surface area contributed by atoms with Crippen molar-refractivity contribution in [1.29, 1.82) is 0 Å². The van der Waals surface area contributed by atoms with E-state index in [2.05, 4.69) is 10.6 Å². The zero-order valence-corrected chi connectivity index (χ0v) is 16.4. The topological polar surface area (TPSA) is 95.6 Å². The fourth-order valence-electron chi connectivity index (χ4n) is 2.93. The van der Waals surface area contributed by atoms with E-state index in [1.165, 1.54) is 23.9 Å². The van der Waals surface area contributed by atoms with E-state index >= 15 is 0 Å². The summed E-state index contributed by atoms with van der Waals surface area (Å²) in [6, 6.07) is 7.73. The second-order valence-corrected chi connectivity index (χ2v) is 7.94. The van der Waals surface area contributed by atoms with Gasteiger partial charge in [-0.2, -0.15) is 0 Å². The van der Waals surface area contributed by atoms with Crippen molar-refractivity contribution in [2.45, 2.75) is 4.90 Å². The summed E-state index contributed by atoms with van der Waals surface area (Å²) in [4.78, 5) is 50.5. The Morgan fingerprint density at radius 2 is 1.71 bits per heavy atom. The van der Waals surface area contributed by atoms with Gasteiger partial charge < -0.3 is 10.6 Å². The van der Waals surface area contributed by atoms with Crippen LogP contribution in [-0.4, -0.2) is 40.8 Å². The molecule has 0 aromatic heterocycles. The third-order valence-corrected chi connectivity index (χ3v) is 6.01. The summed E-state index contributed by atoms with van der Waals surface area (Å²) in [5.41, 5.74) is 1.26. The predicted octanol–water partition coefficient (Wildman–Crippen LogP) is 3.27. The van der Waals surface area contributed by atoms with Crippen LogP contribution in [-0.2, 0) is 9.59 Å². The Bertz CT molecular complexity index is 1030. The van der Waals surface area contributed by atoms with Gasteiger partial charge in [-0.1, -0.05) is 23.2 Å². The third kappa shape index (κ3) is 3.34. The van der Waals surface area contributed by atoms with E-state index in [4.69, 9.17) is 23.2 Å². The third-order valence-electron chi connectivity index (χ3n) is 4.21. The molecule has 0 aliphatic carbocycles. The molecule has 142 valence electrons. The van der Waals surface area contributed by atoms with Crippen molar-refractivity contribution in [2.24, 2.45) is 0 Å².